The third kappa shape index (κ3) is 14.6. The van der Waals surface area contributed by atoms with Gasteiger partial charge in [-0.2, -0.15) is 0 Å². The van der Waals surface area contributed by atoms with Gasteiger partial charge in [0.2, 0.25) is 58.4 Å². The van der Waals surface area contributed by atoms with E-state index >= 15 is 19.2 Å². The fourth-order valence-electron chi connectivity index (χ4n) is 14.8. The molecule has 0 aliphatic carbocycles. The van der Waals surface area contributed by atoms with Gasteiger partial charge in [-0.05, 0) is 60.7 Å². The predicted molar refractivity (Wildman–Crippen MR) is 414 cm³/mol. The maximum absolute atomic E-state index is 15.6. The van der Waals surface area contributed by atoms with Crippen molar-refractivity contribution in [3.05, 3.63) is 134 Å². The van der Waals surface area contributed by atoms with Gasteiger partial charge in [-0.1, -0.05) is 0 Å². The first-order valence-corrected chi connectivity index (χ1v) is 37.1. The molecule has 30 N–H and O–H groups in total. The van der Waals surface area contributed by atoms with Gasteiger partial charge < -0.3 is 210 Å². The Hall–Kier alpha value is -19.2. The van der Waals surface area contributed by atoms with Gasteiger partial charge in [-0.15, -0.1) is 0 Å². The molecule has 4 bridgehead atoms. The van der Waals surface area contributed by atoms with Gasteiger partial charge in [0.15, 0.2) is 169 Å². The molecule has 10 aromatic rings. The highest BCUT2D eigenvalue weighted by atomic mass is 16.8. The topological polar surface area (TPSA) is 888 Å². The van der Waals surface area contributed by atoms with Crippen molar-refractivity contribution >= 4 is 59.7 Å². The summed E-state index contributed by atoms with van der Waals surface area (Å²) in [6, 6.07) is 3.20. The molecule has 6 aliphatic heterocycles. The van der Waals surface area contributed by atoms with Crippen molar-refractivity contribution in [1.82, 2.24) is 0 Å². The van der Waals surface area contributed by atoms with Crippen molar-refractivity contribution in [2.24, 2.45) is 0 Å². The summed E-state index contributed by atoms with van der Waals surface area (Å²) in [6.07, 6.45) is -29.7. The predicted octanol–water partition coefficient (Wildman–Crippen LogP) is 3.40. The van der Waals surface area contributed by atoms with Crippen LogP contribution in [0, 0.1) is 0 Å². The number of phenols is 29. The van der Waals surface area contributed by atoms with E-state index in [0.29, 0.717) is 42.5 Å². The largest absolute Gasteiger partial charge is 0.504 e. The van der Waals surface area contributed by atoms with Gasteiger partial charge >= 0.3 is 59.7 Å². The minimum Gasteiger partial charge on any atom is -0.504 e. The van der Waals surface area contributed by atoms with E-state index in [1.165, 1.54) is 0 Å². The zero-order chi connectivity index (χ0) is 97.6. The molecule has 10 aromatic carbocycles. The molecule has 0 amide bonds. The highest BCUT2D eigenvalue weighted by molar-refractivity contribution is 6.13. The molecular weight excluding hydrogens is 1820 g/mol. The number of hydrogen-bond acceptors (Lipinski definition) is 52. The Labute approximate surface area is 735 Å². The molecule has 0 spiro atoms. The van der Waals surface area contributed by atoms with Gasteiger partial charge in [0.05, 0.1) is 50.1 Å². The highest BCUT2D eigenvalue weighted by Gasteiger charge is 2.58. The monoisotopic (exact) mass is 1870 g/mol. The molecule has 6 aliphatic rings. The lowest BCUT2D eigenvalue weighted by atomic mass is 9.82. The Morgan fingerprint density at radius 1 is 0.276 bits per heavy atom. The Morgan fingerprint density at radius 3 is 1.05 bits per heavy atom. The lowest BCUT2D eigenvalue weighted by Gasteiger charge is -2.43. The van der Waals surface area contributed by atoms with Crippen LogP contribution in [-0.2, 0) is 52.1 Å². The van der Waals surface area contributed by atoms with E-state index < -0.39 is 407 Å². The van der Waals surface area contributed by atoms with Gasteiger partial charge in [-0.25, -0.2) is 47.9 Å². The highest BCUT2D eigenvalue weighted by Crippen LogP contribution is 2.61. The van der Waals surface area contributed by atoms with Crippen LogP contribution in [0.5, 0.6) is 178 Å². The van der Waals surface area contributed by atoms with Gasteiger partial charge in [-0.3, -0.25) is 0 Å². The molecule has 6 heterocycles. The molecule has 0 saturated carbocycles. The second kappa shape index (κ2) is 32.6. The summed E-state index contributed by atoms with van der Waals surface area (Å²) in [7, 11) is 0. The first-order valence-electron chi connectivity index (χ1n) is 37.1. The van der Waals surface area contributed by atoms with Gasteiger partial charge in [0.1, 0.15) is 31.0 Å². The number of cyclic esters (lactones) is 3. The lowest BCUT2D eigenvalue weighted by molar-refractivity contribution is -0.282. The van der Waals surface area contributed by atoms with Gasteiger partial charge in [0.25, 0.3) is 0 Å². The normalized spacial score (nSPS) is 19.5. The molecular formula is C82H56O52. The molecule has 0 unspecified atom stereocenters. The zero-order valence-corrected chi connectivity index (χ0v) is 65.5. The molecule has 1 fully saturated rings. The van der Waals surface area contributed by atoms with Crippen LogP contribution < -0.4 is 4.74 Å². The number of aliphatic hydroxyl groups is 1. The molecule has 10 atom stereocenters. The Bertz CT molecular complexity index is 6840. The van der Waals surface area contributed by atoms with E-state index in [9.17, 15) is 182 Å². The van der Waals surface area contributed by atoms with Crippen LogP contribution in [0.1, 0.15) is 115 Å². The summed E-state index contributed by atoms with van der Waals surface area (Å²) in [5, 5.41) is 333. The summed E-state index contributed by atoms with van der Waals surface area (Å²) in [4.78, 5) is 150. The third-order valence-corrected chi connectivity index (χ3v) is 21.2. The van der Waals surface area contributed by atoms with E-state index in [1.807, 2.05) is 0 Å². The maximum Gasteiger partial charge on any atom is 0.344 e. The second-order valence-electron chi connectivity index (χ2n) is 29.2. The number of aliphatic hydroxyl groups excluding tert-OH is 1. The minimum atomic E-state index is -3.15. The molecule has 0 radical (unpaired) electrons. The number of hydrogen-bond donors (Lipinski definition) is 30. The summed E-state index contributed by atoms with van der Waals surface area (Å²) >= 11 is 0. The number of benzene rings is 10. The standard InChI is InChI=1S/C82H56O52/c83-24-1-15(2-25(84)46(24)94)72(113)126-36-13-123-76(117)22-12-35(54(102)59(107)41(22)40-20(9-32(91)51(99)57(40)105)77(118)128-66(36)69-68-62(110)45-44(81(122)130-68)43(60(108)63(111)61(45)109)42-21(79(120)132-69)10-33(92)52(100)58(42)106)125-65-23(11-34(93)53(101)64(65)112)80(121)134-82-71(133-74(115)17-5-28(87)48(96)29(88)6-17)70(131-73(114)16-3-26(85)47(95)27(86)4-16)67-37(127-82)14-124-75(116)18-7-30(89)49(97)55(103)38(18)39-19(78(119)129-67)8-31(90)50(98)56(39)104/h1-12,36-37,62,66-71,82-112H,13-14H2/t36-,37-,62-,66-,67-,68-,69+,70+,71-,82+/m1/s1. The third-order valence-electron chi connectivity index (χ3n) is 21.2. The number of rotatable bonds is 11. The van der Waals surface area contributed by atoms with Crippen molar-refractivity contribution in [3.8, 4) is 212 Å². The minimum absolute atomic E-state index is 0.0534. The van der Waals surface area contributed by atoms with Crippen molar-refractivity contribution < 1.29 is 258 Å². The van der Waals surface area contributed by atoms with Crippen LogP contribution in [0.4, 0.5) is 0 Å². The number of carbonyl (C=O) groups is 10. The summed E-state index contributed by atoms with van der Waals surface area (Å²) in [6.45, 7) is -3.53. The molecule has 52 nitrogen and oxygen atoms in total. The molecule has 0 aromatic heterocycles. The van der Waals surface area contributed by atoms with Crippen LogP contribution in [0.15, 0.2) is 72.8 Å². The number of esters is 10. The molecule has 134 heavy (non-hydrogen) atoms. The van der Waals surface area contributed by atoms with E-state index in [1.54, 1.807) is 0 Å². The average Bonchev–Trinajstić information content (AvgIpc) is 0.738. The Balaban J connectivity index is 0.877. The number of fused-ring (bicyclic) bond motifs is 10. The van der Waals surface area contributed by atoms with E-state index in [-0.39, 0.29) is 30.3 Å². The van der Waals surface area contributed by atoms with Crippen molar-refractivity contribution in [1.29, 1.82) is 0 Å². The van der Waals surface area contributed by atoms with Crippen molar-refractivity contribution in [2.75, 3.05) is 13.2 Å². The van der Waals surface area contributed by atoms with Crippen LogP contribution in [0.2, 0.25) is 0 Å². The zero-order valence-electron chi connectivity index (χ0n) is 65.5. The van der Waals surface area contributed by atoms with Crippen LogP contribution in [0.25, 0.3) is 33.4 Å². The van der Waals surface area contributed by atoms with Crippen LogP contribution in [0.3, 0.4) is 0 Å². The fourth-order valence-corrected chi connectivity index (χ4v) is 14.8. The summed E-state index contributed by atoms with van der Waals surface area (Å²) in [5.41, 5.74) is -22.8. The van der Waals surface area contributed by atoms with Crippen LogP contribution >= 0.6 is 0 Å². The number of phenolic OH excluding ortho intramolecular Hbond substituents is 29. The first-order chi connectivity index (χ1) is 63.0. The molecule has 52 heteroatoms. The fraction of sp³-hybridized carbons (Fsp3) is 0.146. The SMILES string of the molecule is O=C(O[C@@H]1[C@@H](OC(=O)c2cc(O)c(O)c(O)c2)[C@H](OC(=O)c2cc(O)c(O)c(O)c2Oc2cc3c(c(O)c2O)-c2c(cc(O)c(O)c2O)C(=O)O[C@@H]([C@@H]2OC(=O)c4cc(O)c(O)c(O)c4-c4c(O)c(O)c(O)c5c4C(=O)O[C@@H]2[C@@H]5O)[C@H](OC(=O)c2cc(O)c(O)c(O)c2)COC3=O)O[C@@H]2COC(=O)c3cc(O)c(O)c(O)c3-c3c(cc(O)c(O)c3O)C(=O)O[C@@H]12)c1cc(O)c(O)c(O)c1. The quantitative estimate of drug-likeness (QED) is 0.0501. The average molecular weight is 1870 g/mol. The summed E-state index contributed by atoms with van der Waals surface area (Å²) < 4.78 is 68.3. The number of ether oxygens (including phenoxy) is 12. The summed E-state index contributed by atoms with van der Waals surface area (Å²) in [5.74, 6) is -69.5. The molecule has 1 saturated heterocycles. The maximum atomic E-state index is 15.6. The number of aromatic hydroxyl groups is 29. The Kier molecular flexibility index (Phi) is 21.8. The van der Waals surface area contributed by atoms with E-state index in [2.05, 4.69) is 0 Å². The number of carbonyl (C=O) groups excluding carboxylic acids is 10. The molecule has 696 valence electrons. The molecule has 16 rings (SSSR count). The van der Waals surface area contributed by atoms with Gasteiger partial charge in [0, 0.05) is 51.1 Å². The Morgan fingerprint density at radius 2 is 0.612 bits per heavy atom. The second-order valence-corrected chi connectivity index (χ2v) is 29.2. The van der Waals surface area contributed by atoms with E-state index in [4.69, 9.17) is 56.8 Å². The van der Waals surface area contributed by atoms with E-state index in [0.717, 1.165) is 0 Å². The van der Waals surface area contributed by atoms with Crippen LogP contribution in [-0.4, -0.2) is 281 Å². The smallest absolute Gasteiger partial charge is 0.344 e. The van der Waals surface area contributed by atoms with Crippen molar-refractivity contribution in [3.63, 3.8) is 0 Å². The first kappa shape index (κ1) is 89.6. The van der Waals surface area contributed by atoms with Crippen molar-refractivity contribution in [2.45, 2.75) is 61.2 Å². The lowest BCUT2D eigenvalue weighted by Crippen LogP contribution is -2.63.